The molecule has 0 radical (unpaired) electrons. The van der Waals surface area contributed by atoms with Crippen molar-refractivity contribution in [3.05, 3.63) is 34.9 Å². The number of nitrogens with one attached hydrogen (secondary N) is 1. The second-order valence-electron chi connectivity index (χ2n) is 5.97. The van der Waals surface area contributed by atoms with Gasteiger partial charge in [0.05, 0.1) is 0 Å². The van der Waals surface area contributed by atoms with Gasteiger partial charge in [0.2, 0.25) is 0 Å². The number of nitrogens with two attached hydrogens (primary N) is 1. The van der Waals surface area contributed by atoms with Gasteiger partial charge in [-0.15, -0.1) is 0 Å². The van der Waals surface area contributed by atoms with Crippen molar-refractivity contribution in [1.82, 2.24) is 5.32 Å². The molecule has 1 aliphatic rings. The molecule has 0 aliphatic heterocycles. The summed E-state index contributed by atoms with van der Waals surface area (Å²) >= 11 is 0. The number of oxime groups is 1. The first-order valence-electron chi connectivity index (χ1n) is 7.37. The van der Waals surface area contributed by atoms with Crippen LogP contribution < -0.4 is 11.1 Å². The van der Waals surface area contributed by atoms with Crippen molar-refractivity contribution in [3.8, 4) is 0 Å². The van der Waals surface area contributed by atoms with Gasteiger partial charge in [-0.1, -0.05) is 17.3 Å². The van der Waals surface area contributed by atoms with E-state index in [1.807, 2.05) is 25.1 Å². The molecule has 0 amide bonds. The van der Waals surface area contributed by atoms with Crippen LogP contribution in [-0.2, 0) is 11.3 Å². The first-order chi connectivity index (χ1) is 10.1. The summed E-state index contributed by atoms with van der Waals surface area (Å²) in [4.78, 5) is 0. The zero-order valence-corrected chi connectivity index (χ0v) is 12.9. The summed E-state index contributed by atoms with van der Waals surface area (Å²) in [6, 6.07) is 5.87. The van der Waals surface area contributed by atoms with E-state index in [0.717, 1.165) is 37.2 Å². The third kappa shape index (κ3) is 4.19. The Labute approximate surface area is 126 Å². The first-order valence-corrected chi connectivity index (χ1v) is 7.37. The molecule has 4 N–H and O–H groups in total. The molecule has 5 heteroatoms. The molecule has 0 spiro atoms. The van der Waals surface area contributed by atoms with Crippen LogP contribution in [0.3, 0.4) is 0 Å². The lowest BCUT2D eigenvalue weighted by Gasteiger charge is -2.16. The lowest BCUT2D eigenvalue weighted by atomic mass is 10.0. The monoisotopic (exact) mass is 291 g/mol. The summed E-state index contributed by atoms with van der Waals surface area (Å²) in [5.74, 6) is 0.147. The summed E-state index contributed by atoms with van der Waals surface area (Å²) in [6.07, 6.45) is 3.73. The highest BCUT2D eigenvalue weighted by molar-refractivity contribution is 5.97. The number of hydrogen-bond donors (Lipinski definition) is 3. The van der Waals surface area contributed by atoms with Crippen LogP contribution in [0.15, 0.2) is 23.4 Å². The molecule has 0 bridgehead atoms. The molecule has 1 aliphatic carbocycles. The fourth-order valence-electron chi connectivity index (χ4n) is 2.58. The summed E-state index contributed by atoms with van der Waals surface area (Å²) in [6.45, 7) is 4.77. The van der Waals surface area contributed by atoms with E-state index in [1.54, 1.807) is 7.11 Å². The molecule has 2 rings (SSSR count). The highest BCUT2D eigenvalue weighted by Gasteiger charge is 2.41. The number of hydrogen-bond acceptors (Lipinski definition) is 4. The minimum absolute atomic E-state index is 0.147. The quantitative estimate of drug-likeness (QED) is 0.296. The lowest BCUT2D eigenvalue weighted by Crippen LogP contribution is -2.25. The molecule has 0 atom stereocenters. The number of nitrogens with zero attached hydrogens (tertiary/aromatic N) is 1. The van der Waals surface area contributed by atoms with Crippen LogP contribution in [0, 0.1) is 12.3 Å². The Morgan fingerprint density at radius 2 is 2.24 bits per heavy atom. The minimum atomic E-state index is 0.147. The molecule has 0 saturated heterocycles. The minimum Gasteiger partial charge on any atom is -0.409 e. The van der Waals surface area contributed by atoms with E-state index >= 15 is 0 Å². The van der Waals surface area contributed by atoms with E-state index in [4.69, 9.17) is 15.7 Å². The predicted octanol–water partition coefficient (Wildman–Crippen LogP) is 2.00. The Bertz CT molecular complexity index is 510. The van der Waals surface area contributed by atoms with Gasteiger partial charge < -0.3 is 21.0 Å². The fourth-order valence-corrected chi connectivity index (χ4v) is 2.58. The largest absolute Gasteiger partial charge is 0.409 e. The maximum Gasteiger partial charge on any atom is 0.170 e. The summed E-state index contributed by atoms with van der Waals surface area (Å²) in [5.41, 5.74) is 9.19. The summed E-state index contributed by atoms with van der Waals surface area (Å²) < 4.78 is 5.18. The highest BCUT2D eigenvalue weighted by Crippen LogP contribution is 2.48. The zero-order valence-electron chi connectivity index (χ0n) is 12.9. The second kappa shape index (κ2) is 6.91. The standard InChI is InChI=1S/C16H25N3O2/c1-12-9-13(15(17)19-20)3-4-14(12)10-18-11-16(5-6-16)7-8-21-2/h3-4,9,18,20H,5-8,10-11H2,1-2H3,(H2,17,19). The maximum atomic E-state index is 8.70. The third-order valence-electron chi connectivity index (χ3n) is 4.36. The summed E-state index contributed by atoms with van der Waals surface area (Å²) in [5, 5.41) is 15.3. The van der Waals surface area contributed by atoms with Gasteiger partial charge in [-0.3, -0.25) is 0 Å². The number of methoxy groups -OCH3 is 1. The average molecular weight is 291 g/mol. The van der Waals surface area contributed by atoms with Crippen molar-refractivity contribution in [2.75, 3.05) is 20.3 Å². The molecule has 116 valence electrons. The molecular weight excluding hydrogens is 266 g/mol. The van der Waals surface area contributed by atoms with Crippen LogP contribution in [0.1, 0.15) is 36.0 Å². The van der Waals surface area contributed by atoms with Crippen molar-refractivity contribution < 1.29 is 9.94 Å². The Morgan fingerprint density at radius 1 is 1.48 bits per heavy atom. The normalized spacial score (nSPS) is 17.0. The van der Waals surface area contributed by atoms with Crippen molar-refractivity contribution in [1.29, 1.82) is 0 Å². The maximum absolute atomic E-state index is 8.70. The van der Waals surface area contributed by atoms with E-state index in [1.165, 1.54) is 18.4 Å². The lowest BCUT2D eigenvalue weighted by molar-refractivity contribution is 0.171. The number of aryl methyl sites for hydroxylation is 1. The van der Waals surface area contributed by atoms with E-state index in [2.05, 4.69) is 10.5 Å². The molecule has 21 heavy (non-hydrogen) atoms. The van der Waals surface area contributed by atoms with Crippen molar-refractivity contribution >= 4 is 5.84 Å². The molecule has 0 unspecified atom stereocenters. The van der Waals surface area contributed by atoms with E-state index in [9.17, 15) is 0 Å². The Balaban J connectivity index is 1.86. The average Bonchev–Trinajstić information content (AvgIpc) is 3.26. The van der Waals surface area contributed by atoms with E-state index in [-0.39, 0.29) is 5.84 Å². The molecule has 1 saturated carbocycles. The van der Waals surface area contributed by atoms with Crippen molar-refractivity contribution in [2.45, 2.75) is 32.7 Å². The van der Waals surface area contributed by atoms with Gasteiger partial charge in [0.15, 0.2) is 5.84 Å². The number of amidine groups is 1. The second-order valence-corrected chi connectivity index (χ2v) is 5.97. The molecule has 5 nitrogen and oxygen atoms in total. The van der Waals surface area contributed by atoms with Crippen molar-refractivity contribution in [2.24, 2.45) is 16.3 Å². The van der Waals surface area contributed by atoms with Gasteiger partial charge in [-0.2, -0.15) is 0 Å². The number of rotatable bonds is 8. The smallest absolute Gasteiger partial charge is 0.170 e. The first kappa shape index (κ1) is 15.8. The predicted molar refractivity (Wildman–Crippen MR) is 83.6 cm³/mol. The SMILES string of the molecule is COCCC1(CNCc2ccc(/C(N)=N/O)cc2C)CC1. The molecule has 1 fully saturated rings. The Morgan fingerprint density at radius 3 is 2.81 bits per heavy atom. The van der Waals surface area contributed by atoms with Gasteiger partial charge in [0.25, 0.3) is 0 Å². The van der Waals surface area contributed by atoms with E-state index in [0.29, 0.717) is 5.41 Å². The van der Waals surface area contributed by atoms with Gasteiger partial charge >= 0.3 is 0 Å². The van der Waals surface area contributed by atoms with Gasteiger partial charge in [0, 0.05) is 32.4 Å². The van der Waals surface area contributed by atoms with Crippen LogP contribution in [-0.4, -0.2) is 31.3 Å². The van der Waals surface area contributed by atoms with Gasteiger partial charge in [-0.25, -0.2) is 0 Å². The number of ether oxygens (including phenoxy) is 1. The fraction of sp³-hybridized carbons (Fsp3) is 0.562. The topological polar surface area (TPSA) is 79.9 Å². The number of benzene rings is 1. The molecule has 1 aromatic rings. The van der Waals surface area contributed by atoms with Crippen LogP contribution in [0.5, 0.6) is 0 Å². The third-order valence-corrected chi connectivity index (χ3v) is 4.36. The van der Waals surface area contributed by atoms with E-state index < -0.39 is 0 Å². The van der Waals surface area contributed by atoms with Crippen LogP contribution in [0.25, 0.3) is 0 Å². The van der Waals surface area contributed by atoms with Gasteiger partial charge in [-0.05, 0) is 48.8 Å². The Hall–Kier alpha value is -1.59. The van der Waals surface area contributed by atoms with Crippen LogP contribution >= 0.6 is 0 Å². The summed E-state index contributed by atoms with van der Waals surface area (Å²) in [7, 11) is 1.76. The highest BCUT2D eigenvalue weighted by atomic mass is 16.5. The Kier molecular flexibility index (Phi) is 5.20. The van der Waals surface area contributed by atoms with Gasteiger partial charge in [0.1, 0.15) is 0 Å². The molecule has 1 aromatic carbocycles. The van der Waals surface area contributed by atoms with Crippen LogP contribution in [0.2, 0.25) is 0 Å². The molecule has 0 aromatic heterocycles. The van der Waals surface area contributed by atoms with Crippen LogP contribution in [0.4, 0.5) is 0 Å². The van der Waals surface area contributed by atoms with Crippen molar-refractivity contribution in [3.63, 3.8) is 0 Å². The molecular formula is C16H25N3O2. The molecule has 0 heterocycles. The zero-order chi connectivity index (χ0) is 15.3.